The largest absolute Gasteiger partial charge is 0.484 e. The van der Waals surface area contributed by atoms with Crippen LogP contribution in [0.5, 0.6) is 17.4 Å². The van der Waals surface area contributed by atoms with E-state index in [1.807, 2.05) is 32.0 Å². The van der Waals surface area contributed by atoms with Crippen LogP contribution in [0.4, 0.5) is 10.5 Å². The third kappa shape index (κ3) is 4.61. The molecule has 1 N–H and O–H groups in total. The van der Waals surface area contributed by atoms with E-state index in [1.165, 1.54) is 23.7 Å². The Bertz CT molecular complexity index is 1750. The second kappa shape index (κ2) is 9.79. The molecule has 11 nitrogen and oxygen atoms in total. The summed E-state index contributed by atoms with van der Waals surface area (Å²) in [7, 11) is 1.56. The van der Waals surface area contributed by atoms with Gasteiger partial charge in [0.1, 0.15) is 16.3 Å². The van der Waals surface area contributed by atoms with Crippen molar-refractivity contribution in [2.45, 2.75) is 20.0 Å². The number of ether oxygens (including phenoxy) is 3. The molecule has 0 aliphatic carbocycles. The number of thiazole rings is 1. The number of hydrogen-bond donors (Lipinski definition) is 1. The molecule has 0 spiro atoms. The number of nitrogens with zero attached hydrogens (tertiary/aromatic N) is 6. The summed E-state index contributed by atoms with van der Waals surface area (Å²) < 4.78 is 18.5. The molecule has 3 aromatic heterocycles. The number of aryl methyl sites for hydroxylation is 2. The molecule has 1 atom stereocenters. The van der Waals surface area contributed by atoms with Gasteiger partial charge >= 0.3 is 6.09 Å². The Morgan fingerprint density at radius 3 is 2.69 bits per heavy atom. The fraction of sp³-hybridized carbons (Fsp3) is 0.231. The number of hydrogen-bond acceptors (Lipinski definition) is 10. The van der Waals surface area contributed by atoms with Crippen LogP contribution in [0.1, 0.15) is 11.1 Å². The van der Waals surface area contributed by atoms with Crippen LogP contribution >= 0.6 is 22.9 Å². The van der Waals surface area contributed by atoms with E-state index < -0.39 is 12.2 Å². The van der Waals surface area contributed by atoms with Gasteiger partial charge in [0.25, 0.3) is 0 Å². The van der Waals surface area contributed by atoms with Gasteiger partial charge in [-0.05, 0) is 54.8 Å². The Hall–Kier alpha value is -4.29. The molecule has 6 rings (SSSR count). The zero-order valence-electron chi connectivity index (χ0n) is 21.0. The van der Waals surface area contributed by atoms with Gasteiger partial charge in [-0.2, -0.15) is 0 Å². The molecule has 1 aliphatic heterocycles. The van der Waals surface area contributed by atoms with E-state index in [2.05, 4.69) is 19.9 Å². The van der Waals surface area contributed by atoms with Crippen molar-refractivity contribution in [3.63, 3.8) is 0 Å². The van der Waals surface area contributed by atoms with Crippen molar-refractivity contribution in [1.29, 1.82) is 0 Å². The molecule has 0 bridgehead atoms. The Labute approximate surface area is 231 Å². The second-order valence-corrected chi connectivity index (χ2v) is 10.3. The Morgan fingerprint density at radius 1 is 1.15 bits per heavy atom. The van der Waals surface area contributed by atoms with Crippen LogP contribution in [0.15, 0.2) is 36.8 Å². The van der Waals surface area contributed by atoms with Gasteiger partial charge in [-0.15, -0.1) is 11.3 Å². The van der Waals surface area contributed by atoms with Gasteiger partial charge in [0.2, 0.25) is 11.2 Å². The van der Waals surface area contributed by atoms with Gasteiger partial charge in [0.05, 0.1) is 54.5 Å². The van der Waals surface area contributed by atoms with Crippen LogP contribution in [0.25, 0.3) is 31.8 Å². The summed E-state index contributed by atoms with van der Waals surface area (Å²) in [6, 6.07) is 5.86. The van der Waals surface area contributed by atoms with E-state index in [-0.39, 0.29) is 24.1 Å². The van der Waals surface area contributed by atoms with Crippen molar-refractivity contribution in [2.24, 2.45) is 0 Å². The fourth-order valence-corrected chi connectivity index (χ4v) is 5.70. The predicted molar refractivity (Wildman–Crippen MR) is 147 cm³/mol. The van der Waals surface area contributed by atoms with E-state index in [4.69, 9.17) is 30.8 Å². The van der Waals surface area contributed by atoms with Crippen LogP contribution in [0, 0.1) is 13.8 Å². The van der Waals surface area contributed by atoms with Crippen LogP contribution < -0.4 is 19.1 Å². The fourth-order valence-electron chi connectivity index (χ4n) is 4.45. The molecule has 0 radical (unpaired) electrons. The first-order chi connectivity index (χ1) is 18.8. The van der Waals surface area contributed by atoms with Gasteiger partial charge in [0.15, 0.2) is 17.6 Å². The molecule has 0 unspecified atom stereocenters. The zero-order valence-corrected chi connectivity index (χ0v) is 22.6. The highest BCUT2D eigenvalue weighted by Gasteiger charge is 2.30. The Balaban J connectivity index is 1.35. The van der Waals surface area contributed by atoms with Crippen molar-refractivity contribution in [3.8, 4) is 28.0 Å². The van der Waals surface area contributed by atoms with Gasteiger partial charge in [-0.1, -0.05) is 0 Å². The minimum Gasteiger partial charge on any atom is -0.484 e. The number of methoxy groups -OCH3 is 1. The SMILES string of the molecule is COc1cnc2c(-c3nc4c(C)cc5c(c4s3)OC[C@@H](CN(C(=O)O)c3cnc(Cl)nc3)O5)cc(C)cc2n1. The van der Waals surface area contributed by atoms with E-state index >= 15 is 0 Å². The number of amides is 1. The lowest BCUT2D eigenvalue weighted by Gasteiger charge is -2.30. The van der Waals surface area contributed by atoms with Crippen LogP contribution in [-0.2, 0) is 0 Å². The zero-order chi connectivity index (χ0) is 27.3. The van der Waals surface area contributed by atoms with E-state index in [9.17, 15) is 9.90 Å². The second-order valence-electron chi connectivity index (χ2n) is 8.96. The molecule has 0 fully saturated rings. The quantitative estimate of drug-likeness (QED) is 0.280. The summed E-state index contributed by atoms with van der Waals surface area (Å²) in [5.74, 6) is 1.55. The van der Waals surface area contributed by atoms with Crippen molar-refractivity contribution >= 4 is 56.0 Å². The number of carbonyl (C=O) groups is 1. The summed E-state index contributed by atoms with van der Waals surface area (Å²) in [6.45, 7) is 4.11. The van der Waals surface area contributed by atoms with Crippen molar-refractivity contribution in [2.75, 3.05) is 25.2 Å². The van der Waals surface area contributed by atoms with Crippen LogP contribution in [-0.4, -0.2) is 62.5 Å². The van der Waals surface area contributed by atoms with Crippen LogP contribution in [0.3, 0.4) is 0 Å². The van der Waals surface area contributed by atoms with Crippen molar-refractivity contribution in [3.05, 3.63) is 53.2 Å². The summed E-state index contributed by atoms with van der Waals surface area (Å²) >= 11 is 7.23. The lowest BCUT2D eigenvalue weighted by atomic mass is 10.1. The highest BCUT2D eigenvalue weighted by Crippen LogP contribution is 2.46. The number of halogens is 1. The van der Waals surface area contributed by atoms with Gasteiger partial charge < -0.3 is 19.3 Å². The molecule has 13 heteroatoms. The molecular weight excluding hydrogens is 544 g/mol. The summed E-state index contributed by atoms with van der Waals surface area (Å²) in [4.78, 5) is 34.9. The van der Waals surface area contributed by atoms with Gasteiger partial charge in [-0.25, -0.2) is 29.7 Å². The Morgan fingerprint density at radius 2 is 1.95 bits per heavy atom. The molecule has 0 saturated carbocycles. The average molecular weight is 565 g/mol. The first-order valence-corrected chi connectivity index (χ1v) is 13.0. The number of rotatable bonds is 5. The monoisotopic (exact) mass is 564 g/mol. The third-order valence-electron chi connectivity index (χ3n) is 6.23. The maximum atomic E-state index is 11.9. The molecule has 39 heavy (non-hydrogen) atoms. The normalized spacial score (nSPS) is 14.5. The molecule has 0 saturated heterocycles. The molecule has 1 aliphatic rings. The smallest absolute Gasteiger partial charge is 0.412 e. The molecule has 5 aromatic rings. The lowest BCUT2D eigenvalue weighted by molar-refractivity contribution is 0.0961. The first kappa shape index (κ1) is 25.0. The van der Waals surface area contributed by atoms with Gasteiger partial charge in [0, 0.05) is 5.56 Å². The molecule has 1 amide bonds. The van der Waals surface area contributed by atoms with Crippen LogP contribution in [0.2, 0.25) is 5.28 Å². The van der Waals surface area contributed by atoms with E-state index in [0.29, 0.717) is 17.4 Å². The van der Waals surface area contributed by atoms with E-state index in [1.54, 1.807) is 13.3 Å². The maximum Gasteiger partial charge on any atom is 0.412 e. The minimum atomic E-state index is -1.17. The highest BCUT2D eigenvalue weighted by molar-refractivity contribution is 7.22. The molecule has 2 aromatic carbocycles. The molecular formula is C26H21ClN6O5S. The number of anilines is 1. The van der Waals surface area contributed by atoms with Crippen molar-refractivity contribution < 1.29 is 24.1 Å². The van der Waals surface area contributed by atoms with E-state index in [0.717, 1.165) is 47.8 Å². The third-order valence-corrected chi connectivity index (χ3v) is 7.51. The van der Waals surface area contributed by atoms with Gasteiger partial charge in [-0.3, -0.25) is 4.90 Å². The average Bonchev–Trinajstić information content (AvgIpc) is 3.37. The lowest BCUT2D eigenvalue weighted by Crippen LogP contribution is -2.43. The number of aromatic nitrogens is 5. The Kier molecular flexibility index (Phi) is 6.28. The van der Waals surface area contributed by atoms with Crippen molar-refractivity contribution in [1.82, 2.24) is 24.9 Å². The maximum absolute atomic E-state index is 11.9. The summed E-state index contributed by atoms with van der Waals surface area (Å²) in [5.41, 5.74) is 5.33. The number of fused-ring (bicyclic) bond motifs is 4. The summed E-state index contributed by atoms with van der Waals surface area (Å²) in [6.07, 6.45) is 2.57. The molecule has 4 heterocycles. The number of benzene rings is 2. The topological polar surface area (TPSA) is 133 Å². The summed E-state index contributed by atoms with van der Waals surface area (Å²) in [5, 5.41) is 10.6. The standard InChI is InChI=1S/C26H21ClN6O5S/c1-12-4-16(21-17(5-12)31-19(36-3)9-28-21)24-32-20-13(2)6-18-22(23(20)39-24)37-11-15(38-18)10-33(26(34)35)14-7-29-25(27)30-8-14/h4-9,15H,10-11H2,1-3H3,(H,34,35)/t15-/m1/s1. The number of carboxylic acid groups (broad SMARTS) is 1. The predicted octanol–water partition coefficient (Wildman–Crippen LogP) is 5.30. The highest BCUT2D eigenvalue weighted by atomic mass is 35.5. The molecule has 198 valence electrons. The minimum absolute atomic E-state index is 0.0161. The first-order valence-electron chi connectivity index (χ1n) is 11.8.